The molecule has 3 nitrogen and oxygen atoms in total. The number of methoxy groups -OCH3 is 1. The third-order valence-corrected chi connectivity index (χ3v) is 3.27. The van der Waals surface area contributed by atoms with E-state index >= 15 is 0 Å². The molecule has 0 N–H and O–H groups in total. The van der Waals surface area contributed by atoms with E-state index in [4.69, 9.17) is 4.74 Å². The Morgan fingerprint density at radius 3 is 2.53 bits per heavy atom. The van der Waals surface area contributed by atoms with Crippen LogP contribution in [0.1, 0.15) is 16.1 Å². The van der Waals surface area contributed by atoms with Crippen molar-refractivity contribution in [2.45, 2.75) is 6.54 Å². The number of aldehydes is 1. The number of nitrogens with zero attached hydrogens (tertiary/aromatic N) is 1. The highest BCUT2D eigenvalue weighted by Gasteiger charge is 2.05. The standard InChI is InChI=1S/C13H12BrNO2/c1-17-12-5-2-10(3-6-12)8-15-11(9-16)4-7-13(15)14/h2-7,9H,8H2,1H3. The zero-order valence-electron chi connectivity index (χ0n) is 9.39. The first kappa shape index (κ1) is 11.9. The third kappa shape index (κ3) is 2.58. The van der Waals surface area contributed by atoms with E-state index in [0.717, 1.165) is 22.2 Å². The van der Waals surface area contributed by atoms with Gasteiger partial charge in [-0.2, -0.15) is 0 Å². The molecule has 88 valence electrons. The highest BCUT2D eigenvalue weighted by Crippen LogP contribution is 2.18. The summed E-state index contributed by atoms with van der Waals surface area (Å²) in [5, 5.41) is 0. The average Bonchev–Trinajstić information content (AvgIpc) is 2.71. The summed E-state index contributed by atoms with van der Waals surface area (Å²) in [5.41, 5.74) is 1.78. The molecule has 0 unspecified atom stereocenters. The number of hydrogen-bond acceptors (Lipinski definition) is 2. The fraction of sp³-hybridized carbons (Fsp3) is 0.154. The van der Waals surface area contributed by atoms with Crippen LogP contribution < -0.4 is 4.74 Å². The molecule has 2 rings (SSSR count). The Bertz CT molecular complexity index is 517. The second kappa shape index (κ2) is 5.19. The van der Waals surface area contributed by atoms with Crippen LogP contribution in [0.4, 0.5) is 0 Å². The van der Waals surface area contributed by atoms with Crippen LogP contribution >= 0.6 is 15.9 Å². The number of hydrogen-bond donors (Lipinski definition) is 0. The zero-order valence-corrected chi connectivity index (χ0v) is 11.0. The summed E-state index contributed by atoms with van der Waals surface area (Å²) in [4.78, 5) is 10.9. The smallest absolute Gasteiger partial charge is 0.166 e. The minimum atomic E-state index is 0.658. The van der Waals surface area contributed by atoms with Gasteiger partial charge in [0.2, 0.25) is 0 Å². The lowest BCUT2D eigenvalue weighted by atomic mass is 10.2. The second-order valence-electron chi connectivity index (χ2n) is 3.63. The Kier molecular flexibility index (Phi) is 3.64. The minimum absolute atomic E-state index is 0.658. The molecule has 2 aromatic rings. The highest BCUT2D eigenvalue weighted by molar-refractivity contribution is 9.10. The molecule has 1 aromatic carbocycles. The maximum Gasteiger partial charge on any atom is 0.166 e. The molecule has 0 spiro atoms. The first-order chi connectivity index (χ1) is 8.24. The topological polar surface area (TPSA) is 31.2 Å². The fourth-order valence-electron chi connectivity index (χ4n) is 1.64. The molecule has 0 aliphatic rings. The molecule has 0 amide bonds. The molecule has 1 heterocycles. The molecule has 17 heavy (non-hydrogen) atoms. The lowest BCUT2D eigenvalue weighted by molar-refractivity contribution is 0.111. The lowest BCUT2D eigenvalue weighted by Gasteiger charge is -2.08. The summed E-state index contributed by atoms with van der Waals surface area (Å²) in [6.45, 7) is 0.658. The van der Waals surface area contributed by atoms with Crippen molar-refractivity contribution in [3.05, 3.63) is 52.3 Å². The van der Waals surface area contributed by atoms with Gasteiger partial charge in [-0.05, 0) is 45.8 Å². The Hall–Kier alpha value is -1.55. The molecule has 0 aliphatic heterocycles. The van der Waals surface area contributed by atoms with Gasteiger partial charge in [-0.15, -0.1) is 0 Å². The van der Waals surface area contributed by atoms with Gasteiger partial charge in [0.05, 0.1) is 17.4 Å². The van der Waals surface area contributed by atoms with Gasteiger partial charge in [-0.25, -0.2) is 0 Å². The van der Waals surface area contributed by atoms with E-state index in [-0.39, 0.29) is 0 Å². The van der Waals surface area contributed by atoms with Crippen LogP contribution in [0.3, 0.4) is 0 Å². The Morgan fingerprint density at radius 2 is 1.94 bits per heavy atom. The first-order valence-electron chi connectivity index (χ1n) is 5.17. The van der Waals surface area contributed by atoms with Crippen molar-refractivity contribution in [2.75, 3.05) is 7.11 Å². The Balaban J connectivity index is 2.24. The highest BCUT2D eigenvalue weighted by atomic mass is 79.9. The van der Waals surface area contributed by atoms with Crippen molar-refractivity contribution in [1.82, 2.24) is 4.57 Å². The Morgan fingerprint density at radius 1 is 1.24 bits per heavy atom. The van der Waals surface area contributed by atoms with Crippen molar-refractivity contribution in [2.24, 2.45) is 0 Å². The summed E-state index contributed by atoms with van der Waals surface area (Å²) in [6, 6.07) is 11.5. The van der Waals surface area contributed by atoms with E-state index < -0.39 is 0 Å². The van der Waals surface area contributed by atoms with E-state index in [1.54, 1.807) is 13.2 Å². The second-order valence-corrected chi connectivity index (χ2v) is 4.45. The monoisotopic (exact) mass is 293 g/mol. The van der Waals surface area contributed by atoms with Crippen LogP contribution in [-0.2, 0) is 6.54 Å². The van der Waals surface area contributed by atoms with Crippen LogP contribution in [0.2, 0.25) is 0 Å². The first-order valence-corrected chi connectivity index (χ1v) is 5.97. The van der Waals surface area contributed by atoms with Crippen molar-refractivity contribution in [3.63, 3.8) is 0 Å². The van der Waals surface area contributed by atoms with E-state index in [1.165, 1.54) is 0 Å². The van der Waals surface area contributed by atoms with Crippen LogP contribution in [0.5, 0.6) is 5.75 Å². The number of benzene rings is 1. The minimum Gasteiger partial charge on any atom is -0.497 e. The average molecular weight is 294 g/mol. The molecule has 1 aromatic heterocycles. The molecule has 0 radical (unpaired) electrons. The predicted molar refractivity (Wildman–Crippen MR) is 69.6 cm³/mol. The SMILES string of the molecule is COc1ccc(Cn2c(Br)ccc2C=O)cc1. The van der Waals surface area contributed by atoms with Crippen molar-refractivity contribution in [1.29, 1.82) is 0 Å². The summed E-state index contributed by atoms with van der Waals surface area (Å²) in [5.74, 6) is 0.830. The number of aromatic nitrogens is 1. The van der Waals surface area contributed by atoms with Crippen LogP contribution in [0.25, 0.3) is 0 Å². The maximum absolute atomic E-state index is 10.9. The molecule has 0 bridgehead atoms. The molecule has 4 heteroatoms. The molecular formula is C13H12BrNO2. The van der Waals surface area contributed by atoms with E-state index in [1.807, 2.05) is 34.9 Å². The predicted octanol–water partition coefficient (Wildman–Crippen LogP) is 3.12. The number of rotatable bonds is 4. The van der Waals surface area contributed by atoms with E-state index in [0.29, 0.717) is 12.2 Å². The van der Waals surface area contributed by atoms with Crippen LogP contribution in [0, 0.1) is 0 Å². The summed E-state index contributed by atoms with van der Waals surface area (Å²) < 4.78 is 7.91. The lowest BCUT2D eigenvalue weighted by Crippen LogP contribution is -2.03. The number of ether oxygens (including phenoxy) is 1. The Labute approximate surface area is 108 Å². The third-order valence-electron chi connectivity index (χ3n) is 2.58. The van der Waals surface area contributed by atoms with E-state index in [2.05, 4.69) is 15.9 Å². The molecule has 0 aliphatic carbocycles. The number of carbonyl (C=O) groups is 1. The zero-order chi connectivity index (χ0) is 12.3. The van der Waals surface area contributed by atoms with Crippen molar-refractivity contribution >= 4 is 22.2 Å². The summed E-state index contributed by atoms with van der Waals surface area (Å²) in [7, 11) is 1.64. The number of carbonyl (C=O) groups excluding carboxylic acids is 1. The molecule has 0 fully saturated rings. The van der Waals surface area contributed by atoms with Gasteiger partial charge in [0.15, 0.2) is 6.29 Å². The van der Waals surface area contributed by atoms with Gasteiger partial charge in [0.1, 0.15) is 5.75 Å². The number of halogens is 1. The van der Waals surface area contributed by atoms with Gasteiger partial charge >= 0.3 is 0 Å². The van der Waals surface area contributed by atoms with Gasteiger partial charge in [0.25, 0.3) is 0 Å². The summed E-state index contributed by atoms with van der Waals surface area (Å²) >= 11 is 3.42. The molecule has 0 saturated heterocycles. The molecule has 0 atom stereocenters. The van der Waals surface area contributed by atoms with Crippen molar-refractivity contribution < 1.29 is 9.53 Å². The largest absolute Gasteiger partial charge is 0.497 e. The van der Waals surface area contributed by atoms with E-state index in [9.17, 15) is 4.79 Å². The molecule has 0 saturated carbocycles. The van der Waals surface area contributed by atoms with Gasteiger partial charge in [-0.1, -0.05) is 12.1 Å². The van der Waals surface area contributed by atoms with Gasteiger partial charge in [-0.3, -0.25) is 4.79 Å². The maximum atomic E-state index is 10.9. The quantitative estimate of drug-likeness (QED) is 0.811. The van der Waals surface area contributed by atoms with Crippen molar-refractivity contribution in [3.8, 4) is 5.75 Å². The van der Waals surface area contributed by atoms with Gasteiger partial charge in [0, 0.05) is 6.54 Å². The molecular weight excluding hydrogens is 282 g/mol. The van der Waals surface area contributed by atoms with Gasteiger partial charge < -0.3 is 9.30 Å². The van der Waals surface area contributed by atoms with Crippen LogP contribution in [-0.4, -0.2) is 18.0 Å². The fourth-order valence-corrected chi connectivity index (χ4v) is 2.10. The van der Waals surface area contributed by atoms with Crippen LogP contribution in [0.15, 0.2) is 41.0 Å². The summed E-state index contributed by atoms with van der Waals surface area (Å²) in [6.07, 6.45) is 0.855. The normalized spacial score (nSPS) is 10.2.